The molecule has 0 fully saturated rings. The van der Waals surface area contributed by atoms with Crippen molar-refractivity contribution >= 4 is 28.2 Å². The predicted molar refractivity (Wildman–Crippen MR) is 99.8 cm³/mol. The zero-order valence-corrected chi connectivity index (χ0v) is 14.5. The molecule has 1 heterocycles. The molecule has 1 aromatic heterocycles. The number of rotatable bonds is 5. The van der Waals surface area contributed by atoms with Crippen LogP contribution in [0, 0.1) is 0 Å². The number of amides is 1. The highest BCUT2D eigenvalue weighted by Crippen LogP contribution is 2.23. The number of aromatic nitrogens is 1. The number of carbonyl (C=O) groups excluding carboxylic acids is 2. The van der Waals surface area contributed by atoms with E-state index in [1.807, 2.05) is 0 Å². The Balaban J connectivity index is 1.70. The maximum Gasteiger partial charge on any atom is 0.262 e. The van der Waals surface area contributed by atoms with Gasteiger partial charge in [0.2, 0.25) is 0 Å². The van der Waals surface area contributed by atoms with Gasteiger partial charge in [-0.15, -0.1) is 0 Å². The van der Waals surface area contributed by atoms with Gasteiger partial charge in [-0.2, -0.15) is 0 Å². The van der Waals surface area contributed by atoms with Gasteiger partial charge in [0.25, 0.3) is 11.5 Å². The van der Waals surface area contributed by atoms with Crippen molar-refractivity contribution in [2.45, 2.75) is 6.92 Å². The molecule has 3 aromatic rings. The van der Waals surface area contributed by atoms with Crippen LogP contribution in [0.2, 0.25) is 0 Å². The molecule has 0 saturated carbocycles. The second-order valence-electron chi connectivity index (χ2n) is 5.92. The number of hydrogen-bond donors (Lipinski definition) is 1. The molecule has 6 nitrogen and oxygen atoms in total. The van der Waals surface area contributed by atoms with Gasteiger partial charge in [-0.05, 0) is 49.4 Å². The standard InChI is InChI=1S/C20H18N2O4/c1-13(23)14-6-8-15(9-7-14)21-19(24)12-26-18-5-3-4-17-16(18)10-11-22(2)20(17)25/h3-11H,12H2,1-2H3,(H,21,24). The lowest BCUT2D eigenvalue weighted by atomic mass is 10.1. The maximum atomic E-state index is 12.1. The molecule has 1 amide bonds. The average molecular weight is 350 g/mol. The van der Waals surface area contributed by atoms with Crippen molar-refractivity contribution in [1.29, 1.82) is 0 Å². The van der Waals surface area contributed by atoms with Crippen LogP contribution in [0.5, 0.6) is 5.75 Å². The molecular weight excluding hydrogens is 332 g/mol. The number of aryl methyl sites for hydroxylation is 1. The molecule has 0 unspecified atom stereocenters. The summed E-state index contributed by atoms with van der Waals surface area (Å²) in [6.07, 6.45) is 1.66. The van der Waals surface area contributed by atoms with Gasteiger partial charge in [0.1, 0.15) is 5.75 Å². The summed E-state index contributed by atoms with van der Waals surface area (Å²) in [4.78, 5) is 35.5. The summed E-state index contributed by atoms with van der Waals surface area (Å²) in [6, 6.07) is 13.6. The number of pyridine rings is 1. The van der Waals surface area contributed by atoms with Gasteiger partial charge in [0.05, 0.1) is 5.39 Å². The number of Topliss-reactive ketones (excluding diaryl/α,β-unsaturated/α-hetero) is 1. The van der Waals surface area contributed by atoms with Crippen LogP contribution in [0.25, 0.3) is 10.8 Å². The number of anilines is 1. The molecule has 0 spiro atoms. The van der Waals surface area contributed by atoms with Crippen molar-refractivity contribution in [1.82, 2.24) is 4.57 Å². The first-order valence-corrected chi connectivity index (χ1v) is 8.08. The van der Waals surface area contributed by atoms with Crippen molar-refractivity contribution in [3.05, 3.63) is 70.6 Å². The average Bonchev–Trinajstić information content (AvgIpc) is 2.63. The molecule has 0 bridgehead atoms. The molecule has 0 radical (unpaired) electrons. The van der Waals surface area contributed by atoms with Crippen LogP contribution in [-0.2, 0) is 11.8 Å². The van der Waals surface area contributed by atoms with Crippen molar-refractivity contribution < 1.29 is 14.3 Å². The van der Waals surface area contributed by atoms with Crippen molar-refractivity contribution in [3.63, 3.8) is 0 Å². The molecule has 0 aliphatic carbocycles. The topological polar surface area (TPSA) is 77.4 Å². The van der Waals surface area contributed by atoms with E-state index in [4.69, 9.17) is 4.74 Å². The van der Waals surface area contributed by atoms with Crippen molar-refractivity contribution in [3.8, 4) is 5.75 Å². The molecule has 0 aliphatic rings. The highest BCUT2D eigenvalue weighted by atomic mass is 16.5. The van der Waals surface area contributed by atoms with Gasteiger partial charge >= 0.3 is 0 Å². The number of fused-ring (bicyclic) bond motifs is 1. The highest BCUT2D eigenvalue weighted by molar-refractivity contribution is 5.96. The van der Waals surface area contributed by atoms with Crippen LogP contribution >= 0.6 is 0 Å². The van der Waals surface area contributed by atoms with Crippen LogP contribution in [0.1, 0.15) is 17.3 Å². The summed E-state index contributed by atoms with van der Waals surface area (Å²) in [6.45, 7) is 1.29. The van der Waals surface area contributed by atoms with Crippen LogP contribution in [-0.4, -0.2) is 22.9 Å². The minimum absolute atomic E-state index is 0.0340. The number of hydrogen-bond acceptors (Lipinski definition) is 4. The van der Waals surface area contributed by atoms with Gasteiger partial charge in [-0.25, -0.2) is 0 Å². The number of ketones is 1. The molecule has 2 aromatic carbocycles. The molecule has 0 atom stereocenters. The molecule has 26 heavy (non-hydrogen) atoms. The van der Waals surface area contributed by atoms with E-state index in [-0.39, 0.29) is 23.9 Å². The van der Waals surface area contributed by atoms with E-state index >= 15 is 0 Å². The third-order valence-electron chi connectivity index (χ3n) is 4.02. The second kappa shape index (κ2) is 7.23. The summed E-state index contributed by atoms with van der Waals surface area (Å²) in [7, 11) is 1.68. The van der Waals surface area contributed by atoms with Crippen LogP contribution in [0.3, 0.4) is 0 Å². The molecule has 132 valence electrons. The Hall–Kier alpha value is -3.41. The molecule has 1 N–H and O–H groups in total. The Morgan fingerprint density at radius 1 is 1.04 bits per heavy atom. The summed E-state index contributed by atoms with van der Waals surface area (Å²) in [5.74, 6) is 0.108. The Morgan fingerprint density at radius 3 is 2.46 bits per heavy atom. The molecule has 6 heteroatoms. The first-order chi connectivity index (χ1) is 12.5. The molecule has 0 saturated heterocycles. The Bertz CT molecular complexity index is 1040. The number of carbonyl (C=O) groups is 2. The van der Waals surface area contributed by atoms with Crippen LogP contribution in [0.4, 0.5) is 5.69 Å². The number of benzene rings is 2. The monoisotopic (exact) mass is 350 g/mol. The van der Waals surface area contributed by atoms with Gasteiger partial charge in [-0.1, -0.05) is 6.07 Å². The Morgan fingerprint density at radius 2 is 1.77 bits per heavy atom. The highest BCUT2D eigenvalue weighted by Gasteiger charge is 2.09. The summed E-state index contributed by atoms with van der Waals surface area (Å²) >= 11 is 0. The Kier molecular flexibility index (Phi) is 4.84. The van der Waals surface area contributed by atoms with Crippen LogP contribution in [0.15, 0.2) is 59.5 Å². The van der Waals surface area contributed by atoms with E-state index in [2.05, 4.69) is 5.32 Å². The Labute approximate surface area is 150 Å². The third-order valence-corrected chi connectivity index (χ3v) is 4.02. The summed E-state index contributed by atoms with van der Waals surface area (Å²) in [5.41, 5.74) is 1.04. The molecule has 0 aliphatic heterocycles. The quantitative estimate of drug-likeness (QED) is 0.718. The SMILES string of the molecule is CC(=O)c1ccc(NC(=O)COc2cccc3c(=O)n(C)ccc23)cc1. The maximum absolute atomic E-state index is 12.1. The summed E-state index contributed by atoms with van der Waals surface area (Å²) in [5, 5.41) is 3.90. The van der Waals surface area contributed by atoms with Gasteiger partial charge < -0.3 is 14.6 Å². The smallest absolute Gasteiger partial charge is 0.262 e. The van der Waals surface area contributed by atoms with Gasteiger partial charge in [0, 0.05) is 29.9 Å². The minimum atomic E-state index is -0.332. The zero-order valence-electron chi connectivity index (χ0n) is 14.5. The minimum Gasteiger partial charge on any atom is -0.483 e. The van der Waals surface area contributed by atoms with Crippen LogP contribution < -0.4 is 15.6 Å². The lowest BCUT2D eigenvalue weighted by Crippen LogP contribution is -2.20. The van der Waals surface area contributed by atoms with E-state index in [9.17, 15) is 14.4 Å². The normalized spacial score (nSPS) is 10.5. The molecule has 3 rings (SSSR count). The fraction of sp³-hybridized carbons (Fsp3) is 0.150. The number of nitrogens with zero attached hydrogens (tertiary/aromatic N) is 1. The fourth-order valence-electron chi connectivity index (χ4n) is 2.60. The van der Waals surface area contributed by atoms with Crippen molar-refractivity contribution in [2.24, 2.45) is 7.05 Å². The van der Waals surface area contributed by atoms with Gasteiger partial charge in [0.15, 0.2) is 12.4 Å². The predicted octanol–water partition coefficient (Wildman–Crippen LogP) is 2.76. The lowest BCUT2D eigenvalue weighted by Gasteiger charge is -2.10. The second-order valence-corrected chi connectivity index (χ2v) is 5.92. The van der Waals surface area contributed by atoms with Gasteiger partial charge in [-0.3, -0.25) is 14.4 Å². The number of nitrogens with one attached hydrogen (secondary N) is 1. The summed E-state index contributed by atoms with van der Waals surface area (Å²) < 4.78 is 7.09. The van der Waals surface area contributed by atoms with E-state index in [0.29, 0.717) is 27.8 Å². The van der Waals surface area contributed by atoms with E-state index in [1.165, 1.54) is 11.5 Å². The lowest BCUT2D eigenvalue weighted by molar-refractivity contribution is -0.118. The largest absolute Gasteiger partial charge is 0.483 e. The van der Waals surface area contributed by atoms with Crippen molar-refractivity contribution in [2.75, 3.05) is 11.9 Å². The fourth-order valence-corrected chi connectivity index (χ4v) is 2.60. The first-order valence-electron chi connectivity index (χ1n) is 8.08. The van der Waals surface area contributed by atoms with E-state index in [1.54, 1.807) is 61.8 Å². The first kappa shape index (κ1) is 17.4. The van der Waals surface area contributed by atoms with E-state index in [0.717, 1.165) is 0 Å². The number of ether oxygens (including phenoxy) is 1. The third kappa shape index (κ3) is 3.64. The van der Waals surface area contributed by atoms with E-state index < -0.39 is 0 Å². The molecular formula is C20H18N2O4. The zero-order chi connectivity index (χ0) is 18.7.